The van der Waals surface area contributed by atoms with Gasteiger partial charge in [-0.15, -0.1) is 0 Å². The van der Waals surface area contributed by atoms with E-state index in [2.05, 4.69) is 0 Å². The lowest BCUT2D eigenvalue weighted by molar-refractivity contribution is -0.255. The van der Waals surface area contributed by atoms with Crippen LogP contribution in [0.2, 0.25) is 0 Å². The third-order valence-corrected chi connectivity index (χ3v) is 5.37. The first-order chi connectivity index (χ1) is 10.4. The summed E-state index contributed by atoms with van der Waals surface area (Å²) in [5.74, 6) is -1.40. The number of rotatable bonds is 5. The van der Waals surface area contributed by atoms with Gasteiger partial charge in [0.05, 0.1) is 16.6 Å². The summed E-state index contributed by atoms with van der Waals surface area (Å²) in [5, 5.41) is 11.0. The number of carbonyl (C=O) groups is 1. The summed E-state index contributed by atoms with van der Waals surface area (Å²) < 4.78 is 27.0. The van der Waals surface area contributed by atoms with E-state index in [-0.39, 0.29) is 17.0 Å². The van der Waals surface area contributed by atoms with Crippen molar-refractivity contribution in [2.45, 2.75) is 18.7 Å². The highest BCUT2D eigenvalue weighted by Crippen LogP contribution is 2.26. The van der Waals surface area contributed by atoms with E-state index in [9.17, 15) is 18.3 Å². The number of hydrogen-bond acceptors (Lipinski definition) is 4. The van der Waals surface area contributed by atoms with E-state index < -0.39 is 16.0 Å². The summed E-state index contributed by atoms with van der Waals surface area (Å²) in [6, 6.07) is 12.6. The number of para-hydroxylation sites is 1. The van der Waals surface area contributed by atoms with E-state index in [1.165, 1.54) is 16.4 Å². The Kier molecular flexibility index (Phi) is 4.51. The molecule has 0 saturated heterocycles. The highest BCUT2D eigenvalue weighted by molar-refractivity contribution is 7.92. The Morgan fingerprint density at radius 2 is 1.77 bits per heavy atom. The second-order valence-electron chi connectivity index (χ2n) is 4.77. The molecule has 0 aliphatic carbocycles. The molecule has 0 aromatic heterocycles. The first kappa shape index (κ1) is 16.0. The molecule has 0 saturated carbocycles. The average Bonchev–Trinajstić information content (AvgIpc) is 2.48. The summed E-state index contributed by atoms with van der Waals surface area (Å²) >= 11 is 0. The van der Waals surface area contributed by atoms with Crippen LogP contribution in [-0.2, 0) is 10.0 Å². The molecular weight excluding hydrogens is 302 g/mol. The number of carboxylic acids is 1. The van der Waals surface area contributed by atoms with Crippen LogP contribution in [0.15, 0.2) is 53.4 Å². The van der Waals surface area contributed by atoms with E-state index in [1.54, 1.807) is 44.2 Å². The fourth-order valence-corrected chi connectivity index (χ4v) is 3.94. The lowest BCUT2D eigenvalue weighted by Crippen LogP contribution is -2.31. The summed E-state index contributed by atoms with van der Waals surface area (Å²) in [5.41, 5.74) is 0.857. The first-order valence-electron chi connectivity index (χ1n) is 6.77. The zero-order valence-electron chi connectivity index (χ0n) is 12.3. The molecule has 0 spiro atoms. The van der Waals surface area contributed by atoms with Crippen LogP contribution in [-0.4, -0.2) is 20.9 Å². The van der Waals surface area contributed by atoms with Gasteiger partial charge >= 0.3 is 0 Å². The molecule has 0 heterocycles. The SMILES string of the molecule is CCN(c1ccccc1)S(=O)(=O)c1cc(C(=O)[O-])ccc1C. The Hall–Kier alpha value is -2.34. The number of aryl methyl sites for hydroxylation is 1. The fraction of sp³-hybridized carbons (Fsp3) is 0.188. The van der Waals surface area contributed by atoms with Gasteiger partial charge in [-0.2, -0.15) is 0 Å². The fourth-order valence-electron chi connectivity index (χ4n) is 2.21. The van der Waals surface area contributed by atoms with Crippen LogP contribution in [0.4, 0.5) is 5.69 Å². The second-order valence-corrected chi connectivity index (χ2v) is 6.60. The maximum atomic E-state index is 12.9. The van der Waals surface area contributed by atoms with Gasteiger partial charge in [-0.25, -0.2) is 8.42 Å². The Balaban J connectivity index is 2.58. The molecule has 0 unspecified atom stereocenters. The van der Waals surface area contributed by atoms with Gasteiger partial charge in [0.2, 0.25) is 0 Å². The Labute approximate surface area is 129 Å². The molecule has 2 rings (SSSR count). The van der Waals surface area contributed by atoms with Gasteiger partial charge in [0.25, 0.3) is 10.0 Å². The van der Waals surface area contributed by atoms with Gasteiger partial charge in [0.1, 0.15) is 0 Å². The minimum Gasteiger partial charge on any atom is -0.545 e. The monoisotopic (exact) mass is 318 g/mol. The molecule has 0 N–H and O–H groups in total. The van der Waals surface area contributed by atoms with Crippen molar-refractivity contribution < 1.29 is 18.3 Å². The molecule has 6 heteroatoms. The number of aromatic carboxylic acids is 1. The van der Waals surface area contributed by atoms with E-state index in [0.717, 1.165) is 6.07 Å². The predicted molar refractivity (Wildman–Crippen MR) is 82.2 cm³/mol. The van der Waals surface area contributed by atoms with Gasteiger partial charge in [-0.05, 0) is 43.2 Å². The predicted octanol–water partition coefficient (Wildman–Crippen LogP) is 1.57. The summed E-state index contributed by atoms with van der Waals surface area (Å²) in [4.78, 5) is 11.0. The number of nitrogens with zero attached hydrogens (tertiary/aromatic N) is 1. The van der Waals surface area contributed by atoms with Crippen LogP contribution in [0.1, 0.15) is 22.8 Å². The van der Waals surface area contributed by atoms with Crippen molar-refractivity contribution in [3.05, 3.63) is 59.7 Å². The third-order valence-electron chi connectivity index (χ3n) is 3.32. The lowest BCUT2D eigenvalue weighted by Gasteiger charge is -2.24. The van der Waals surface area contributed by atoms with Crippen LogP contribution in [0.5, 0.6) is 0 Å². The summed E-state index contributed by atoms with van der Waals surface area (Å²) in [7, 11) is -3.85. The summed E-state index contributed by atoms with van der Waals surface area (Å²) in [6.07, 6.45) is 0. The second kappa shape index (κ2) is 6.19. The Bertz CT molecular complexity index is 785. The topological polar surface area (TPSA) is 77.5 Å². The van der Waals surface area contributed by atoms with Crippen molar-refractivity contribution in [2.24, 2.45) is 0 Å². The maximum Gasteiger partial charge on any atom is 0.264 e. The Morgan fingerprint density at radius 3 is 2.32 bits per heavy atom. The van der Waals surface area contributed by atoms with Gasteiger partial charge < -0.3 is 9.90 Å². The normalized spacial score (nSPS) is 11.2. The molecule has 0 aliphatic heterocycles. The standard InChI is InChI=1S/C16H17NO4S/c1-3-17(14-7-5-4-6-8-14)22(20,21)15-11-13(16(18)19)10-9-12(15)2/h4-11H,3H2,1-2H3,(H,18,19)/p-1. The molecule has 2 aromatic carbocycles. The Morgan fingerprint density at radius 1 is 1.14 bits per heavy atom. The quantitative estimate of drug-likeness (QED) is 0.838. The molecule has 116 valence electrons. The zero-order valence-corrected chi connectivity index (χ0v) is 13.1. The molecule has 22 heavy (non-hydrogen) atoms. The molecule has 5 nitrogen and oxygen atoms in total. The van der Waals surface area contributed by atoms with E-state index in [1.807, 2.05) is 0 Å². The number of carboxylic acid groups (broad SMARTS) is 1. The molecule has 0 bridgehead atoms. The van der Waals surface area contributed by atoms with Crippen LogP contribution in [0.3, 0.4) is 0 Å². The van der Waals surface area contributed by atoms with Gasteiger partial charge in [-0.3, -0.25) is 4.31 Å². The number of carbonyl (C=O) groups excluding carboxylic acids is 1. The molecule has 0 amide bonds. The highest BCUT2D eigenvalue weighted by Gasteiger charge is 2.25. The number of hydrogen-bond donors (Lipinski definition) is 0. The first-order valence-corrected chi connectivity index (χ1v) is 8.21. The molecule has 2 aromatic rings. The average molecular weight is 318 g/mol. The van der Waals surface area contributed by atoms with Crippen molar-refractivity contribution in [3.8, 4) is 0 Å². The van der Waals surface area contributed by atoms with E-state index in [4.69, 9.17) is 0 Å². The molecule has 0 atom stereocenters. The van der Waals surface area contributed by atoms with Gasteiger partial charge in [0, 0.05) is 6.54 Å². The lowest BCUT2D eigenvalue weighted by atomic mass is 10.1. The van der Waals surface area contributed by atoms with Crippen LogP contribution in [0.25, 0.3) is 0 Å². The third kappa shape index (κ3) is 2.96. The molecule has 0 fully saturated rings. The molecular formula is C16H16NO4S-. The van der Waals surface area contributed by atoms with Gasteiger partial charge in [0.15, 0.2) is 0 Å². The largest absolute Gasteiger partial charge is 0.545 e. The van der Waals surface area contributed by atoms with Gasteiger partial charge in [-0.1, -0.05) is 30.3 Å². The molecule has 0 radical (unpaired) electrons. The minimum atomic E-state index is -3.85. The van der Waals surface area contributed by atoms with E-state index in [0.29, 0.717) is 11.3 Å². The van der Waals surface area contributed by atoms with Crippen molar-refractivity contribution >= 4 is 21.7 Å². The zero-order chi connectivity index (χ0) is 16.3. The van der Waals surface area contributed by atoms with Crippen molar-refractivity contribution in [1.82, 2.24) is 0 Å². The number of benzene rings is 2. The molecule has 0 aliphatic rings. The van der Waals surface area contributed by atoms with Crippen LogP contribution in [0, 0.1) is 6.92 Å². The maximum absolute atomic E-state index is 12.9. The van der Waals surface area contributed by atoms with Crippen LogP contribution >= 0.6 is 0 Å². The number of anilines is 1. The smallest absolute Gasteiger partial charge is 0.264 e. The number of sulfonamides is 1. The van der Waals surface area contributed by atoms with E-state index >= 15 is 0 Å². The van der Waals surface area contributed by atoms with Crippen LogP contribution < -0.4 is 9.41 Å². The van der Waals surface area contributed by atoms with Crippen molar-refractivity contribution in [1.29, 1.82) is 0 Å². The minimum absolute atomic E-state index is 0.0279. The highest BCUT2D eigenvalue weighted by atomic mass is 32.2. The summed E-state index contributed by atoms with van der Waals surface area (Å²) in [6.45, 7) is 3.59. The van der Waals surface area contributed by atoms with Crippen molar-refractivity contribution in [3.63, 3.8) is 0 Å². The van der Waals surface area contributed by atoms with Crippen molar-refractivity contribution in [2.75, 3.05) is 10.8 Å².